The van der Waals surface area contributed by atoms with Gasteiger partial charge in [0, 0.05) is 6.61 Å². The lowest BCUT2D eigenvalue weighted by molar-refractivity contribution is 0.0476. The zero-order valence-electron chi connectivity index (χ0n) is 13.9. The lowest BCUT2D eigenvalue weighted by Crippen LogP contribution is -2.32. The topological polar surface area (TPSA) is 39.7 Å². The summed E-state index contributed by atoms with van der Waals surface area (Å²) in [7, 11) is 0. The number of benzene rings is 1. The van der Waals surface area contributed by atoms with Crippen LogP contribution in [-0.2, 0) is 4.74 Å². The maximum atomic E-state index is 5.75. The summed E-state index contributed by atoms with van der Waals surface area (Å²) in [5, 5.41) is 3.48. The molecule has 1 rings (SSSR count). The molecule has 0 fully saturated rings. The van der Waals surface area contributed by atoms with E-state index in [1.165, 1.54) is 0 Å². The summed E-state index contributed by atoms with van der Waals surface area (Å²) in [6.07, 6.45) is 0.0994. The normalized spacial score (nSPS) is 13.8. The lowest BCUT2D eigenvalue weighted by atomic mass is 10.0. The summed E-state index contributed by atoms with van der Waals surface area (Å²) < 4.78 is 17.1. The molecule has 120 valence electrons. The van der Waals surface area contributed by atoms with Gasteiger partial charge in [0.15, 0.2) is 11.5 Å². The van der Waals surface area contributed by atoms with Crippen molar-refractivity contribution in [1.82, 2.24) is 5.32 Å². The highest BCUT2D eigenvalue weighted by Gasteiger charge is 2.20. The van der Waals surface area contributed by atoms with Crippen molar-refractivity contribution in [3.05, 3.63) is 23.8 Å². The lowest BCUT2D eigenvalue weighted by Gasteiger charge is -2.26. The molecule has 0 heterocycles. The Balaban J connectivity index is 3.04. The molecule has 0 radical (unpaired) electrons. The predicted molar refractivity (Wildman–Crippen MR) is 86.3 cm³/mol. The molecule has 21 heavy (non-hydrogen) atoms. The van der Waals surface area contributed by atoms with E-state index in [1.807, 2.05) is 26.8 Å². The van der Waals surface area contributed by atoms with Gasteiger partial charge in [-0.15, -0.1) is 0 Å². The highest BCUT2D eigenvalue weighted by atomic mass is 16.5. The molecule has 2 unspecified atom stereocenters. The number of ether oxygens (including phenoxy) is 3. The van der Waals surface area contributed by atoms with Crippen molar-refractivity contribution in [2.45, 2.75) is 46.8 Å². The van der Waals surface area contributed by atoms with Crippen molar-refractivity contribution in [1.29, 1.82) is 0 Å². The van der Waals surface area contributed by atoms with Gasteiger partial charge < -0.3 is 19.5 Å². The Labute approximate surface area is 128 Å². The molecule has 1 aromatic rings. The number of likely N-dealkylation sites (N-methyl/N-ethyl adjacent to an activating group) is 1. The van der Waals surface area contributed by atoms with Crippen LogP contribution in [0.25, 0.3) is 0 Å². The van der Waals surface area contributed by atoms with Crippen LogP contribution in [0.2, 0.25) is 0 Å². The molecule has 0 bridgehead atoms. The van der Waals surface area contributed by atoms with Crippen molar-refractivity contribution in [3.63, 3.8) is 0 Å². The minimum absolute atomic E-state index is 0.0994. The predicted octanol–water partition coefficient (Wildman–Crippen LogP) is 3.56. The second kappa shape index (κ2) is 9.64. The summed E-state index contributed by atoms with van der Waals surface area (Å²) in [5.41, 5.74) is 1.16. The molecule has 2 atom stereocenters. The molecule has 0 aliphatic rings. The van der Waals surface area contributed by atoms with E-state index in [0.717, 1.165) is 23.6 Å². The highest BCUT2D eigenvalue weighted by Crippen LogP contribution is 2.32. The van der Waals surface area contributed by atoms with Crippen LogP contribution in [0.15, 0.2) is 18.2 Å². The fourth-order valence-electron chi connectivity index (χ4n) is 2.40. The van der Waals surface area contributed by atoms with Crippen LogP contribution in [0, 0.1) is 0 Å². The quantitative estimate of drug-likeness (QED) is 0.716. The number of nitrogens with one attached hydrogen (secondary N) is 1. The van der Waals surface area contributed by atoms with Gasteiger partial charge in [-0.25, -0.2) is 0 Å². The first kappa shape index (κ1) is 17.8. The van der Waals surface area contributed by atoms with Gasteiger partial charge in [-0.05, 0) is 51.9 Å². The van der Waals surface area contributed by atoms with Gasteiger partial charge in [0.25, 0.3) is 0 Å². The molecular weight excluding hydrogens is 266 g/mol. The number of hydrogen-bond acceptors (Lipinski definition) is 4. The summed E-state index contributed by atoms with van der Waals surface area (Å²) in [4.78, 5) is 0. The monoisotopic (exact) mass is 295 g/mol. The van der Waals surface area contributed by atoms with Gasteiger partial charge >= 0.3 is 0 Å². The van der Waals surface area contributed by atoms with Crippen molar-refractivity contribution >= 4 is 0 Å². The second-order valence-electron chi connectivity index (χ2n) is 4.77. The molecule has 4 nitrogen and oxygen atoms in total. The average Bonchev–Trinajstić information content (AvgIpc) is 2.47. The molecule has 0 amide bonds. The molecule has 0 saturated carbocycles. The highest BCUT2D eigenvalue weighted by molar-refractivity contribution is 5.44. The number of rotatable bonds is 10. The van der Waals surface area contributed by atoms with Crippen LogP contribution in [0.1, 0.15) is 46.2 Å². The average molecular weight is 295 g/mol. The van der Waals surface area contributed by atoms with E-state index in [-0.39, 0.29) is 12.1 Å². The molecule has 0 aromatic heterocycles. The molecule has 4 heteroatoms. The smallest absolute Gasteiger partial charge is 0.161 e. The van der Waals surface area contributed by atoms with Crippen molar-refractivity contribution in [3.8, 4) is 11.5 Å². The Morgan fingerprint density at radius 1 is 0.952 bits per heavy atom. The van der Waals surface area contributed by atoms with E-state index in [0.29, 0.717) is 19.8 Å². The standard InChI is InChI=1S/C17H29NO3/c1-6-18-17(13(5)19-7-2)14-10-11-15(20-8-3)16(12-14)21-9-4/h10-13,17-18H,6-9H2,1-5H3. The van der Waals surface area contributed by atoms with Crippen LogP contribution in [0.3, 0.4) is 0 Å². The van der Waals surface area contributed by atoms with Crippen LogP contribution in [0.5, 0.6) is 11.5 Å². The zero-order valence-corrected chi connectivity index (χ0v) is 13.9. The Bertz CT molecular complexity index is 409. The molecule has 0 aliphatic carbocycles. The number of hydrogen-bond donors (Lipinski definition) is 1. The largest absolute Gasteiger partial charge is 0.490 e. The van der Waals surface area contributed by atoms with Crippen molar-refractivity contribution in [2.24, 2.45) is 0 Å². The second-order valence-corrected chi connectivity index (χ2v) is 4.77. The Hall–Kier alpha value is -1.26. The van der Waals surface area contributed by atoms with E-state index in [9.17, 15) is 0 Å². The Kier molecular flexibility index (Phi) is 8.16. The molecule has 1 aromatic carbocycles. The fourth-order valence-corrected chi connectivity index (χ4v) is 2.40. The summed E-state index contributed by atoms with van der Waals surface area (Å²) in [6.45, 7) is 13.0. The van der Waals surface area contributed by atoms with E-state index in [4.69, 9.17) is 14.2 Å². The Morgan fingerprint density at radius 2 is 1.62 bits per heavy atom. The van der Waals surface area contributed by atoms with Crippen molar-refractivity contribution in [2.75, 3.05) is 26.4 Å². The van der Waals surface area contributed by atoms with Crippen LogP contribution < -0.4 is 14.8 Å². The zero-order chi connectivity index (χ0) is 15.7. The Morgan fingerprint density at radius 3 is 2.19 bits per heavy atom. The molecule has 0 spiro atoms. The summed E-state index contributed by atoms with van der Waals surface area (Å²) in [5.74, 6) is 1.59. The molecular formula is C17H29NO3. The van der Waals surface area contributed by atoms with Crippen LogP contribution in [0.4, 0.5) is 0 Å². The van der Waals surface area contributed by atoms with Crippen LogP contribution >= 0.6 is 0 Å². The SMILES string of the molecule is CCNC(c1ccc(OCC)c(OCC)c1)C(C)OCC. The summed E-state index contributed by atoms with van der Waals surface area (Å²) >= 11 is 0. The first-order chi connectivity index (χ1) is 10.2. The van der Waals surface area contributed by atoms with E-state index in [2.05, 4.69) is 31.3 Å². The van der Waals surface area contributed by atoms with Gasteiger partial charge in [-0.2, -0.15) is 0 Å². The first-order valence-corrected chi connectivity index (χ1v) is 7.92. The fraction of sp³-hybridized carbons (Fsp3) is 0.647. The third kappa shape index (κ3) is 5.21. The minimum Gasteiger partial charge on any atom is -0.490 e. The van der Waals surface area contributed by atoms with E-state index >= 15 is 0 Å². The molecule has 1 N–H and O–H groups in total. The third-order valence-electron chi connectivity index (χ3n) is 3.25. The third-order valence-corrected chi connectivity index (χ3v) is 3.25. The first-order valence-electron chi connectivity index (χ1n) is 7.92. The maximum Gasteiger partial charge on any atom is 0.161 e. The van der Waals surface area contributed by atoms with Gasteiger partial charge in [0.05, 0.1) is 25.4 Å². The van der Waals surface area contributed by atoms with Gasteiger partial charge in [0.1, 0.15) is 0 Å². The minimum atomic E-state index is 0.0994. The molecule has 0 aliphatic heterocycles. The van der Waals surface area contributed by atoms with Crippen molar-refractivity contribution < 1.29 is 14.2 Å². The van der Waals surface area contributed by atoms with E-state index < -0.39 is 0 Å². The molecule has 0 saturated heterocycles. The van der Waals surface area contributed by atoms with Gasteiger partial charge in [-0.3, -0.25) is 0 Å². The van der Waals surface area contributed by atoms with Gasteiger partial charge in [-0.1, -0.05) is 13.0 Å². The van der Waals surface area contributed by atoms with Gasteiger partial charge in [0.2, 0.25) is 0 Å². The summed E-state index contributed by atoms with van der Waals surface area (Å²) in [6, 6.07) is 6.26. The van der Waals surface area contributed by atoms with E-state index in [1.54, 1.807) is 0 Å². The van der Waals surface area contributed by atoms with Crippen LogP contribution in [-0.4, -0.2) is 32.5 Å². The maximum absolute atomic E-state index is 5.75.